The number of rotatable bonds is 2. The quantitative estimate of drug-likeness (QED) is 0.781. The number of carbonyl (C=O) groups excluding carboxylic acids is 2. The summed E-state index contributed by atoms with van der Waals surface area (Å²) < 4.78 is 1.04. The Labute approximate surface area is 120 Å². The molecule has 104 valence electrons. The number of thiophene rings is 1. The minimum absolute atomic E-state index is 0.0320. The van der Waals surface area contributed by atoms with Crippen LogP contribution in [-0.2, 0) is 4.79 Å². The summed E-state index contributed by atoms with van der Waals surface area (Å²) in [4.78, 5) is 24.0. The lowest BCUT2D eigenvalue weighted by molar-refractivity contribution is -0.119. The van der Waals surface area contributed by atoms with E-state index in [1.165, 1.54) is 11.3 Å². The number of nitrogens with one attached hydrogen (secondary N) is 2. The van der Waals surface area contributed by atoms with E-state index in [-0.39, 0.29) is 17.9 Å². The molecule has 1 aliphatic rings. The Morgan fingerprint density at radius 2 is 2.30 bits per heavy atom. The Hall–Kier alpha value is -2.08. The SMILES string of the molecule is Cc1cccc2c(N)c(C(=O)NC3CNC(=O)C3)sc12. The highest BCUT2D eigenvalue weighted by atomic mass is 32.1. The molecule has 1 atom stereocenters. The van der Waals surface area contributed by atoms with Crippen molar-refractivity contribution in [2.24, 2.45) is 0 Å². The molecule has 0 saturated carbocycles. The Kier molecular flexibility index (Phi) is 3.10. The Morgan fingerprint density at radius 1 is 1.50 bits per heavy atom. The maximum Gasteiger partial charge on any atom is 0.263 e. The highest BCUT2D eigenvalue weighted by Gasteiger charge is 2.25. The third kappa shape index (κ3) is 2.12. The van der Waals surface area contributed by atoms with E-state index in [2.05, 4.69) is 10.6 Å². The van der Waals surface area contributed by atoms with Gasteiger partial charge in [0.25, 0.3) is 5.91 Å². The third-order valence-electron chi connectivity index (χ3n) is 3.47. The molecule has 1 aromatic carbocycles. The van der Waals surface area contributed by atoms with Crippen LogP contribution < -0.4 is 16.4 Å². The summed E-state index contributed by atoms with van der Waals surface area (Å²) in [6.45, 7) is 2.48. The number of aryl methyl sites for hydroxylation is 1. The first-order chi connectivity index (χ1) is 9.56. The van der Waals surface area contributed by atoms with E-state index in [0.717, 1.165) is 15.6 Å². The number of carbonyl (C=O) groups is 2. The predicted octanol–water partition coefficient (Wildman–Crippen LogP) is 1.41. The van der Waals surface area contributed by atoms with Crippen molar-refractivity contribution in [1.29, 1.82) is 0 Å². The largest absolute Gasteiger partial charge is 0.397 e. The molecule has 2 amide bonds. The van der Waals surface area contributed by atoms with Crippen LogP contribution in [0.1, 0.15) is 21.7 Å². The van der Waals surface area contributed by atoms with Gasteiger partial charge in [-0.1, -0.05) is 18.2 Å². The first kappa shape index (κ1) is 12.9. The molecule has 1 fully saturated rings. The van der Waals surface area contributed by atoms with Crippen molar-refractivity contribution in [3.8, 4) is 0 Å². The van der Waals surface area contributed by atoms with Gasteiger partial charge in [-0.3, -0.25) is 9.59 Å². The molecule has 0 bridgehead atoms. The normalized spacial score (nSPS) is 18.2. The number of hydrogen-bond acceptors (Lipinski definition) is 4. The summed E-state index contributed by atoms with van der Waals surface area (Å²) in [5.41, 5.74) is 7.70. The van der Waals surface area contributed by atoms with Crippen molar-refractivity contribution in [3.05, 3.63) is 28.6 Å². The molecule has 0 aliphatic carbocycles. The molecule has 5 nitrogen and oxygen atoms in total. The molecule has 6 heteroatoms. The van der Waals surface area contributed by atoms with Crippen molar-refractivity contribution >= 4 is 38.9 Å². The minimum Gasteiger partial charge on any atom is -0.397 e. The fourth-order valence-electron chi connectivity index (χ4n) is 2.41. The van der Waals surface area contributed by atoms with E-state index >= 15 is 0 Å². The zero-order valence-electron chi connectivity index (χ0n) is 11.0. The van der Waals surface area contributed by atoms with Crippen molar-refractivity contribution in [3.63, 3.8) is 0 Å². The van der Waals surface area contributed by atoms with Gasteiger partial charge in [-0.25, -0.2) is 0 Å². The van der Waals surface area contributed by atoms with Crippen LogP contribution in [0.5, 0.6) is 0 Å². The molecule has 4 N–H and O–H groups in total. The van der Waals surface area contributed by atoms with Crippen LogP contribution in [0.2, 0.25) is 0 Å². The predicted molar refractivity (Wildman–Crippen MR) is 79.9 cm³/mol. The van der Waals surface area contributed by atoms with Crippen molar-refractivity contribution in [1.82, 2.24) is 10.6 Å². The van der Waals surface area contributed by atoms with Crippen LogP contribution in [0, 0.1) is 6.92 Å². The molecule has 1 saturated heterocycles. The van der Waals surface area contributed by atoms with E-state index in [1.54, 1.807) is 0 Å². The molecule has 1 aromatic heterocycles. The highest BCUT2D eigenvalue weighted by molar-refractivity contribution is 7.21. The lowest BCUT2D eigenvalue weighted by Crippen LogP contribution is -2.36. The van der Waals surface area contributed by atoms with E-state index in [1.807, 2.05) is 25.1 Å². The summed E-state index contributed by atoms with van der Waals surface area (Å²) in [7, 11) is 0. The Morgan fingerprint density at radius 3 is 2.95 bits per heavy atom. The van der Waals surface area contributed by atoms with Gasteiger partial charge in [-0.2, -0.15) is 0 Å². The van der Waals surface area contributed by atoms with E-state index < -0.39 is 0 Å². The van der Waals surface area contributed by atoms with Gasteiger partial charge in [-0.05, 0) is 12.5 Å². The molecular weight excluding hydrogens is 274 g/mol. The molecule has 0 spiro atoms. The summed E-state index contributed by atoms with van der Waals surface area (Å²) in [5.74, 6) is -0.236. The van der Waals surface area contributed by atoms with Crippen LogP contribution in [-0.4, -0.2) is 24.4 Å². The van der Waals surface area contributed by atoms with Crippen LogP contribution in [0.15, 0.2) is 18.2 Å². The molecule has 2 heterocycles. The second-order valence-corrected chi connectivity index (χ2v) is 6.00. The van der Waals surface area contributed by atoms with E-state index in [9.17, 15) is 9.59 Å². The second-order valence-electron chi connectivity index (χ2n) is 4.98. The Balaban J connectivity index is 1.90. The number of fused-ring (bicyclic) bond motifs is 1. The molecular formula is C14H15N3O2S. The fourth-order valence-corrected chi connectivity index (χ4v) is 3.50. The Bertz CT molecular complexity index is 708. The van der Waals surface area contributed by atoms with Gasteiger partial charge in [-0.15, -0.1) is 11.3 Å². The lowest BCUT2D eigenvalue weighted by Gasteiger charge is -2.09. The van der Waals surface area contributed by atoms with Crippen molar-refractivity contribution in [2.75, 3.05) is 12.3 Å². The number of nitrogens with two attached hydrogens (primary N) is 1. The summed E-state index contributed by atoms with van der Waals surface area (Å²) in [5, 5.41) is 6.47. The van der Waals surface area contributed by atoms with Gasteiger partial charge in [0.05, 0.1) is 11.7 Å². The summed E-state index contributed by atoms with van der Waals surface area (Å²) in [6.07, 6.45) is 0.329. The maximum absolute atomic E-state index is 12.3. The first-order valence-electron chi connectivity index (χ1n) is 6.41. The number of anilines is 1. The first-order valence-corrected chi connectivity index (χ1v) is 7.23. The zero-order valence-corrected chi connectivity index (χ0v) is 11.8. The highest BCUT2D eigenvalue weighted by Crippen LogP contribution is 2.35. The molecule has 2 aromatic rings. The van der Waals surface area contributed by atoms with Crippen molar-refractivity contribution < 1.29 is 9.59 Å². The fraction of sp³-hybridized carbons (Fsp3) is 0.286. The van der Waals surface area contributed by atoms with Crippen LogP contribution >= 0.6 is 11.3 Å². The maximum atomic E-state index is 12.3. The minimum atomic E-state index is -0.204. The number of hydrogen-bond donors (Lipinski definition) is 3. The smallest absolute Gasteiger partial charge is 0.263 e. The molecule has 3 rings (SSSR count). The molecule has 20 heavy (non-hydrogen) atoms. The average Bonchev–Trinajstić information content (AvgIpc) is 2.95. The van der Waals surface area contributed by atoms with Crippen LogP contribution in [0.25, 0.3) is 10.1 Å². The lowest BCUT2D eigenvalue weighted by atomic mass is 10.1. The zero-order chi connectivity index (χ0) is 14.3. The number of benzene rings is 1. The monoisotopic (exact) mass is 289 g/mol. The van der Waals surface area contributed by atoms with Gasteiger partial charge in [0.2, 0.25) is 5.91 Å². The van der Waals surface area contributed by atoms with Crippen LogP contribution in [0.4, 0.5) is 5.69 Å². The van der Waals surface area contributed by atoms with Gasteiger partial charge in [0.1, 0.15) is 4.88 Å². The standard InChI is InChI=1S/C14H15N3O2S/c1-7-3-2-4-9-11(15)13(20-12(7)9)14(19)17-8-5-10(18)16-6-8/h2-4,8H,5-6,15H2,1H3,(H,16,18)(H,17,19). The number of nitrogen functional groups attached to an aromatic ring is 1. The van der Waals surface area contributed by atoms with Crippen molar-refractivity contribution in [2.45, 2.75) is 19.4 Å². The van der Waals surface area contributed by atoms with Gasteiger partial charge >= 0.3 is 0 Å². The number of amides is 2. The summed E-state index contributed by atoms with van der Waals surface area (Å²) in [6, 6.07) is 5.70. The summed E-state index contributed by atoms with van der Waals surface area (Å²) >= 11 is 1.40. The average molecular weight is 289 g/mol. The molecule has 0 radical (unpaired) electrons. The molecule has 1 aliphatic heterocycles. The van der Waals surface area contributed by atoms with Gasteiger partial charge < -0.3 is 16.4 Å². The second kappa shape index (κ2) is 4.79. The van der Waals surface area contributed by atoms with E-state index in [4.69, 9.17) is 5.73 Å². The van der Waals surface area contributed by atoms with Gasteiger partial charge in [0, 0.05) is 23.1 Å². The topological polar surface area (TPSA) is 84.2 Å². The molecule has 1 unspecified atom stereocenters. The van der Waals surface area contributed by atoms with E-state index in [0.29, 0.717) is 23.5 Å². The third-order valence-corrected chi connectivity index (χ3v) is 4.83. The van der Waals surface area contributed by atoms with Crippen LogP contribution in [0.3, 0.4) is 0 Å². The van der Waals surface area contributed by atoms with Gasteiger partial charge in [0.15, 0.2) is 0 Å².